The molecule has 1 aromatic rings. The molecule has 1 fully saturated rings. The van der Waals surface area contributed by atoms with E-state index in [4.69, 9.17) is 15.2 Å². The maximum absolute atomic E-state index is 5.93. The van der Waals surface area contributed by atoms with Crippen molar-refractivity contribution in [3.8, 4) is 11.5 Å². The molecule has 2 aliphatic rings. The molecule has 0 aromatic heterocycles. The molecule has 1 spiro atoms. The molecule has 4 heteroatoms. The van der Waals surface area contributed by atoms with Gasteiger partial charge >= 0.3 is 0 Å². The third-order valence-electron chi connectivity index (χ3n) is 3.58. The number of fused-ring (bicyclic) bond motifs is 1. The minimum Gasteiger partial charge on any atom is -0.489 e. The van der Waals surface area contributed by atoms with Gasteiger partial charge in [0.25, 0.3) is 0 Å². The van der Waals surface area contributed by atoms with E-state index in [9.17, 15) is 0 Å². The predicted octanol–water partition coefficient (Wildman–Crippen LogP) is 3.02. The van der Waals surface area contributed by atoms with E-state index in [0.717, 1.165) is 34.7 Å². The third-order valence-corrected chi connectivity index (χ3v) is 4.27. The topological polar surface area (TPSA) is 44.5 Å². The lowest BCUT2D eigenvalue weighted by molar-refractivity contribution is 0.197. The van der Waals surface area contributed by atoms with E-state index in [2.05, 4.69) is 15.9 Å². The van der Waals surface area contributed by atoms with Crippen LogP contribution in [0.25, 0.3) is 0 Å². The lowest BCUT2D eigenvalue weighted by Gasteiger charge is -2.13. The Morgan fingerprint density at radius 3 is 2.35 bits per heavy atom. The molecule has 0 radical (unpaired) electrons. The number of rotatable bonds is 1. The van der Waals surface area contributed by atoms with Crippen LogP contribution >= 0.6 is 15.9 Å². The van der Waals surface area contributed by atoms with E-state index in [1.807, 2.05) is 19.1 Å². The monoisotopic (exact) mass is 297 g/mol. The number of hydrogen-bond donors (Lipinski definition) is 1. The van der Waals surface area contributed by atoms with E-state index in [1.54, 1.807) is 0 Å². The average Bonchev–Trinajstić information content (AvgIpc) is 3.07. The van der Waals surface area contributed by atoms with Gasteiger partial charge in [0.05, 0.1) is 13.2 Å². The molecule has 3 rings (SSSR count). The Balaban J connectivity index is 1.95. The van der Waals surface area contributed by atoms with Gasteiger partial charge in [-0.15, -0.1) is 0 Å². The van der Waals surface area contributed by atoms with Gasteiger partial charge in [0.2, 0.25) is 0 Å². The predicted molar refractivity (Wildman–Crippen MR) is 69.4 cm³/mol. The molecule has 1 heterocycles. The third kappa shape index (κ3) is 2.04. The van der Waals surface area contributed by atoms with Crippen molar-refractivity contribution in [2.24, 2.45) is 11.1 Å². The van der Waals surface area contributed by atoms with Crippen molar-refractivity contribution in [2.45, 2.75) is 25.8 Å². The van der Waals surface area contributed by atoms with Crippen molar-refractivity contribution < 1.29 is 9.47 Å². The molecule has 17 heavy (non-hydrogen) atoms. The van der Waals surface area contributed by atoms with Crippen LogP contribution in [0.2, 0.25) is 0 Å². The first-order valence-corrected chi connectivity index (χ1v) is 6.74. The minimum atomic E-state index is -0.0172. The van der Waals surface area contributed by atoms with Crippen molar-refractivity contribution in [2.75, 3.05) is 13.2 Å². The fourth-order valence-electron chi connectivity index (χ4n) is 2.09. The van der Waals surface area contributed by atoms with Gasteiger partial charge in [-0.3, -0.25) is 0 Å². The first-order valence-electron chi connectivity index (χ1n) is 5.94. The molecular formula is C13H16BrNO2. The molecule has 0 saturated heterocycles. The quantitative estimate of drug-likeness (QED) is 0.866. The first kappa shape index (κ1) is 11.4. The molecular weight excluding hydrogens is 282 g/mol. The second-order valence-corrected chi connectivity index (χ2v) is 6.04. The highest BCUT2D eigenvalue weighted by Gasteiger charge is 2.46. The summed E-state index contributed by atoms with van der Waals surface area (Å²) in [5.41, 5.74) is 7.26. The number of ether oxygens (including phenoxy) is 2. The summed E-state index contributed by atoms with van der Waals surface area (Å²) in [6.07, 6.45) is 2.42. The molecule has 1 aliphatic carbocycles. The Hall–Kier alpha value is -0.740. The lowest BCUT2D eigenvalue weighted by Crippen LogP contribution is -2.17. The van der Waals surface area contributed by atoms with Gasteiger partial charge in [-0.05, 0) is 37.5 Å². The van der Waals surface area contributed by atoms with Gasteiger partial charge in [0.15, 0.2) is 11.5 Å². The molecule has 1 unspecified atom stereocenters. The summed E-state index contributed by atoms with van der Waals surface area (Å²) >= 11 is 3.53. The largest absolute Gasteiger partial charge is 0.489 e. The van der Waals surface area contributed by atoms with Crippen LogP contribution in [0.4, 0.5) is 0 Å². The van der Waals surface area contributed by atoms with Gasteiger partial charge in [-0.25, -0.2) is 0 Å². The Kier molecular flexibility index (Phi) is 2.60. The average molecular weight is 298 g/mol. The molecule has 92 valence electrons. The highest BCUT2D eigenvalue weighted by molar-refractivity contribution is 9.10. The molecule has 1 saturated carbocycles. The first-order chi connectivity index (χ1) is 8.10. The molecule has 1 aromatic carbocycles. The molecule has 2 N–H and O–H groups in total. The fourth-order valence-corrected chi connectivity index (χ4v) is 2.78. The number of nitrogens with two attached hydrogens (primary N) is 1. The zero-order valence-electron chi connectivity index (χ0n) is 9.83. The Bertz CT molecular complexity index is 455. The van der Waals surface area contributed by atoms with Crippen LogP contribution in [0.5, 0.6) is 11.5 Å². The summed E-state index contributed by atoms with van der Waals surface area (Å²) < 4.78 is 12.7. The van der Waals surface area contributed by atoms with Crippen molar-refractivity contribution in [1.29, 1.82) is 0 Å². The summed E-state index contributed by atoms with van der Waals surface area (Å²) in [6.45, 7) is 3.50. The smallest absolute Gasteiger partial charge is 0.162 e. The van der Waals surface area contributed by atoms with Crippen LogP contribution in [0.15, 0.2) is 16.6 Å². The van der Waals surface area contributed by atoms with Crippen molar-refractivity contribution in [1.82, 2.24) is 0 Å². The maximum Gasteiger partial charge on any atom is 0.162 e. The SMILES string of the molecule is CC(N)c1cc2c(cc1Br)OCC1(CC1)CO2. The second-order valence-electron chi connectivity index (χ2n) is 5.19. The summed E-state index contributed by atoms with van der Waals surface area (Å²) in [4.78, 5) is 0. The van der Waals surface area contributed by atoms with E-state index < -0.39 is 0 Å². The highest BCUT2D eigenvalue weighted by atomic mass is 79.9. The van der Waals surface area contributed by atoms with E-state index in [1.165, 1.54) is 12.8 Å². The molecule has 0 bridgehead atoms. The van der Waals surface area contributed by atoms with Gasteiger partial charge in [-0.1, -0.05) is 15.9 Å². The summed E-state index contributed by atoms with van der Waals surface area (Å²) in [7, 11) is 0. The Morgan fingerprint density at radius 2 is 1.82 bits per heavy atom. The van der Waals surface area contributed by atoms with Crippen LogP contribution in [0, 0.1) is 5.41 Å². The van der Waals surface area contributed by atoms with Gasteiger partial charge in [0, 0.05) is 15.9 Å². The second kappa shape index (κ2) is 3.89. The molecule has 0 amide bonds. The minimum absolute atomic E-state index is 0.0172. The van der Waals surface area contributed by atoms with Crippen molar-refractivity contribution in [3.05, 3.63) is 22.2 Å². The summed E-state index contributed by atoms with van der Waals surface area (Å²) in [5.74, 6) is 1.65. The normalized spacial score (nSPS) is 22.1. The Morgan fingerprint density at radius 1 is 1.24 bits per heavy atom. The molecule has 3 nitrogen and oxygen atoms in total. The maximum atomic E-state index is 5.93. The summed E-state index contributed by atoms with van der Waals surface area (Å²) in [6, 6.07) is 3.94. The lowest BCUT2D eigenvalue weighted by atomic mass is 10.1. The van der Waals surface area contributed by atoms with E-state index in [-0.39, 0.29) is 11.5 Å². The molecule has 1 atom stereocenters. The standard InChI is InChI=1S/C13H16BrNO2/c1-8(15)9-4-11-12(5-10(9)14)17-7-13(2-3-13)6-16-11/h4-5,8H,2-3,6-7,15H2,1H3. The van der Waals surface area contributed by atoms with Gasteiger partial charge < -0.3 is 15.2 Å². The van der Waals surface area contributed by atoms with Crippen LogP contribution in [0.3, 0.4) is 0 Å². The van der Waals surface area contributed by atoms with Crippen molar-refractivity contribution >= 4 is 15.9 Å². The zero-order valence-corrected chi connectivity index (χ0v) is 11.4. The Labute approximate surface area is 109 Å². The van der Waals surface area contributed by atoms with Crippen LogP contribution in [0.1, 0.15) is 31.4 Å². The fraction of sp³-hybridized carbons (Fsp3) is 0.538. The van der Waals surface area contributed by atoms with Crippen molar-refractivity contribution in [3.63, 3.8) is 0 Å². The van der Waals surface area contributed by atoms with Gasteiger partial charge in [0.1, 0.15) is 0 Å². The highest BCUT2D eigenvalue weighted by Crippen LogP contribution is 2.49. The van der Waals surface area contributed by atoms with E-state index in [0.29, 0.717) is 0 Å². The summed E-state index contributed by atoms with van der Waals surface area (Å²) in [5, 5.41) is 0. The van der Waals surface area contributed by atoms with Crippen LogP contribution < -0.4 is 15.2 Å². The van der Waals surface area contributed by atoms with Gasteiger partial charge in [-0.2, -0.15) is 0 Å². The zero-order chi connectivity index (χ0) is 12.0. The van der Waals surface area contributed by atoms with E-state index >= 15 is 0 Å². The molecule has 1 aliphatic heterocycles. The number of hydrogen-bond acceptors (Lipinski definition) is 3. The van der Waals surface area contributed by atoms with Crippen LogP contribution in [-0.4, -0.2) is 13.2 Å². The number of benzene rings is 1. The van der Waals surface area contributed by atoms with Crippen LogP contribution in [-0.2, 0) is 0 Å². The number of halogens is 1.